The fourth-order valence-corrected chi connectivity index (χ4v) is 2.95. The maximum atomic E-state index is 6.21. The number of fused-ring (bicyclic) bond motifs is 1. The molecule has 0 amide bonds. The molecule has 0 aliphatic rings. The number of rotatable bonds is 2. The van der Waals surface area contributed by atoms with Crippen LogP contribution < -0.4 is 0 Å². The van der Waals surface area contributed by atoms with Crippen LogP contribution in [-0.4, -0.2) is 24.6 Å². The molecule has 0 bridgehead atoms. The number of nitrogens with zero attached hydrogens (tertiary/aromatic N) is 5. The van der Waals surface area contributed by atoms with Crippen molar-refractivity contribution in [3.63, 3.8) is 0 Å². The van der Waals surface area contributed by atoms with Crippen molar-refractivity contribution in [1.82, 2.24) is 24.6 Å². The predicted molar refractivity (Wildman–Crippen MR) is 94.2 cm³/mol. The van der Waals surface area contributed by atoms with Gasteiger partial charge in [-0.05, 0) is 36.8 Å². The summed E-state index contributed by atoms with van der Waals surface area (Å²) >= 11 is 12.3. The Kier molecular flexibility index (Phi) is 3.67. The second-order valence-corrected chi connectivity index (χ2v) is 6.09. The summed E-state index contributed by atoms with van der Waals surface area (Å²) in [6.45, 7) is 1.92. The van der Waals surface area contributed by atoms with Crippen LogP contribution in [0.5, 0.6) is 0 Å². The maximum absolute atomic E-state index is 6.21. The Morgan fingerprint density at radius 1 is 0.958 bits per heavy atom. The highest BCUT2D eigenvalue weighted by molar-refractivity contribution is 6.42. The molecule has 0 N–H and O–H groups in total. The van der Waals surface area contributed by atoms with E-state index in [1.54, 1.807) is 24.8 Å². The number of pyridine rings is 1. The number of hydrogen-bond acceptors (Lipinski definition) is 4. The van der Waals surface area contributed by atoms with E-state index in [-0.39, 0.29) is 0 Å². The van der Waals surface area contributed by atoms with Crippen LogP contribution in [0.4, 0.5) is 0 Å². The number of benzene rings is 1. The van der Waals surface area contributed by atoms with E-state index in [4.69, 9.17) is 28.2 Å². The Labute approximate surface area is 147 Å². The van der Waals surface area contributed by atoms with Gasteiger partial charge in [0.1, 0.15) is 12.2 Å². The molecule has 4 aromatic rings. The summed E-state index contributed by atoms with van der Waals surface area (Å²) < 4.78 is 1.85. The molecule has 0 saturated carbocycles. The monoisotopic (exact) mass is 355 g/mol. The van der Waals surface area contributed by atoms with E-state index < -0.39 is 0 Å². The Hall–Kier alpha value is -2.50. The van der Waals surface area contributed by atoms with Crippen LogP contribution in [-0.2, 0) is 0 Å². The first-order valence-corrected chi connectivity index (χ1v) is 7.97. The van der Waals surface area contributed by atoms with Gasteiger partial charge >= 0.3 is 0 Å². The molecule has 7 heteroatoms. The Bertz CT molecular complexity index is 1040. The van der Waals surface area contributed by atoms with E-state index in [9.17, 15) is 0 Å². The summed E-state index contributed by atoms with van der Waals surface area (Å²) in [5.41, 5.74) is 4.19. The molecule has 3 aromatic heterocycles. The molecule has 0 saturated heterocycles. The van der Waals surface area contributed by atoms with Gasteiger partial charge in [0.15, 0.2) is 5.65 Å². The van der Waals surface area contributed by atoms with Gasteiger partial charge in [0.2, 0.25) is 0 Å². The van der Waals surface area contributed by atoms with Crippen LogP contribution >= 0.6 is 23.2 Å². The minimum absolute atomic E-state index is 0.480. The maximum Gasteiger partial charge on any atom is 0.172 e. The highest BCUT2D eigenvalue weighted by Gasteiger charge is 2.18. The van der Waals surface area contributed by atoms with E-state index in [1.165, 1.54) is 0 Å². The van der Waals surface area contributed by atoms with Crippen molar-refractivity contribution in [3.05, 3.63) is 64.9 Å². The van der Waals surface area contributed by atoms with Gasteiger partial charge in [0.05, 0.1) is 21.3 Å². The zero-order valence-electron chi connectivity index (χ0n) is 12.6. The van der Waals surface area contributed by atoms with Gasteiger partial charge < -0.3 is 0 Å². The quantitative estimate of drug-likeness (QED) is 0.532. The van der Waals surface area contributed by atoms with Crippen LogP contribution in [0.3, 0.4) is 0 Å². The molecule has 0 spiro atoms. The number of halogens is 2. The first kappa shape index (κ1) is 15.1. The van der Waals surface area contributed by atoms with Crippen LogP contribution in [0.1, 0.15) is 5.82 Å². The molecular weight excluding hydrogens is 345 g/mol. The third-order valence-electron chi connectivity index (χ3n) is 3.79. The van der Waals surface area contributed by atoms with E-state index >= 15 is 0 Å². The molecule has 0 fully saturated rings. The summed E-state index contributed by atoms with van der Waals surface area (Å²) in [4.78, 5) is 8.83. The van der Waals surface area contributed by atoms with Crippen molar-refractivity contribution < 1.29 is 0 Å². The fourth-order valence-electron chi connectivity index (χ4n) is 2.66. The van der Waals surface area contributed by atoms with Gasteiger partial charge in [-0.15, -0.1) is 10.2 Å². The van der Waals surface area contributed by atoms with Gasteiger partial charge in [-0.1, -0.05) is 29.3 Å². The standard InChI is InChI=1S/C17H11Cl2N5/c1-10-22-16(11-4-6-20-7-5-11)15(17-23-21-9-24(10)17)12-2-3-13(18)14(19)8-12/h2-9H,1H3. The average Bonchev–Trinajstić information content (AvgIpc) is 3.08. The molecule has 1 aromatic carbocycles. The molecule has 4 rings (SSSR count). The zero-order valence-corrected chi connectivity index (χ0v) is 14.1. The number of aryl methyl sites for hydroxylation is 1. The first-order chi connectivity index (χ1) is 11.6. The van der Waals surface area contributed by atoms with Crippen molar-refractivity contribution in [2.75, 3.05) is 0 Å². The van der Waals surface area contributed by atoms with Crippen molar-refractivity contribution in [2.45, 2.75) is 6.92 Å². The number of aromatic nitrogens is 5. The van der Waals surface area contributed by atoms with Crippen molar-refractivity contribution in [1.29, 1.82) is 0 Å². The SMILES string of the molecule is Cc1nc(-c2ccncc2)c(-c2ccc(Cl)c(Cl)c2)c2nncn12. The number of hydrogen-bond donors (Lipinski definition) is 0. The topological polar surface area (TPSA) is 56.0 Å². The summed E-state index contributed by atoms with van der Waals surface area (Å²) in [6, 6.07) is 9.31. The highest BCUT2D eigenvalue weighted by Crippen LogP contribution is 2.36. The van der Waals surface area contributed by atoms with Gasteiger partial charge in [-0.25, -0.2) is 4.98 Å². The van der Waals surface area contributed by atoms with Crippen LogP contribution in [0, 0.1) is 6.92 Å². The summed E-state index contributed by atoms with van der Waals surface area (Å²) in [6.07, 6.45) is 5.12. The fraction of sp³-hybridized carbons (Fsp3) is 0.0588. The van der Waals surface area contributed by atoms with E-state index in [0.29, 0.717) is 15.7 Å². The summed E-state index contributed by atoms with van der Waals surface area (Å²) in [5, 5.41) is 9.28. The van der Waals surface area contributed by atoms with Gasteiger partial charge in [0.25, 0.3) is 0 Å². The lowest BCUT2D eigenvalue weighted by Gasteiger charge is -2.13. The third kappa shape index (κ3) is 2.42. The summed E-state index contributed by atoms with van der Waals surface area (Å²) in [5.74, 6) is 0.797. The van der Waals surface area contributed by atoms with Gasteiger partial charge in [-0.2, -0.15) is 0 Å². The van der Waals surface area contributed by atoms with E-state index in [1.807, 2.05) is 35.6 Å². The zero-order chi connectivity index (χ0) is 16.7. The molecule has 5 nitrogen and oxygen atoms in total. The average molecular weight is 356 g/mol. The van der Waals surface area contributed by atoms with E-state index in [0.717, 1.165) is 28.2 Å². The first-order valence-electron chi connectivity index (χ1n) is 7.21. The molecule has 3 heterocycles. The molecular formula is C17H11Cl2N5. The molecule has 0 aliphatic carbocycles. The van der Waals surface area contributed by atoms with Crippen molar-refractivity contribution in [3.8, 4) is 22.4 Å². The van der Waals surface area contributed by atoms with Crippen LogP contribution in [0.25, 0.3) is 28.0 Å². The van der Waals surface area contributed by atoms with E-state index in [2.05, 4.69) is 15.2 Å². The molecule has 0 unspecified atom stereocenters. The second kappa shape index (κ2) is 5.85. The molecule has 0 radical (unpaired) electrons. The second-order valence-electron chi connectivity index (χ2n) is 5.27. The molecule has 118 valence electrons. The van der Waals surface area contributed by atoms with Gasteiger partial charge in [-0.3, -0.25) is 9.38 Å². The highest BCUT2D eigenvalue weighted by atomic mass is 35.5. The Morgan fingerprint density at radius 3 is 2.50 bits per heavy atom. The lowest BCUT2D eigenvalue weighted by molar-refractivity contribution is 0.985. The smallest absolute Gasteiger partial charge is 0.172 e. The van der Waals surface area contributed by atoms with Crippen LogP contribution in [0.2, 0.25) is 10.0 Å². The lowest BCUT2D eigenvalue weighted by Crippen LogP contribution is -2.01. The predicted octanol–water partition coefficient (Wildman–Crippen LogP) is 4.47. The van der Waals surface area contributed by atoms with Crippen LogP contribution in [0.15, 0.2) is 49.1 Å². The van der Waals surface area contributed by atoms with Crippen molar-refractivity contribution in [2.24, 2.45) is 0 Å². The molecule has 0 aliphatic heterocycles. The third-order valence-corrected chi connectivity index (χ3v) is 4.53. The largest absolute Gasteiger partial charge is 0.269 e. The summed E-state index contributed by atoms with van der Waals surface area (Å²) in [7, 11) is 0. The minimum Gasteiger partial charge on any atom is -0.269 e. The molecule has 0 atom stereocenters. The Balaban J connectivity index is 2.10. The molecule has 24 heavy (non-hydrogen) atoms. The Morgan fingerprint density at radius 2 is 1.75 bits per heavy atom. The van der Waals surface area contributed by atoms with Gasteiger partial charge in [0, 0.05) is 18.0 Å². The normalized spacial score (nSPS) is 11.1. The lowest BCUT2D eigenvalue weighted by atomic mass is 10.0. The minimum atomic E-state index is 0.480. The van der Waals surface area contributed by atoms with Crippen molar-refractivity contribution >= 4 is 28.8 Å².